The number of hydrogen-bond acceptors (Lipinski definition) is 7. The van der Waals surface area contributed by atoms with Crippen molar-refractivity contribution >= 4 is 23.4 Å². The molecule has 4 unspecified atom stereocenters. The van der Waals surface area contributed by atoms with Gasteiger partial charge in [-0.2, -0.15) is 15.3 Å². The third-order valence-corrected chi connectivity index (χ3v) is 8.17. The number of hydrogen-bond donors (Lipinski definition) is 0. The van der Waals surface area contributed by atoms with Crippen LogP contribution in [0.4, 0.5) is 10.5 Å². The van der Waals surface area contributed by atoms with Crippen molar-refractivity contribution in [1.82, 2.24) is 19.7 Å². The molecule has 2 bridgehead atoms. The maximum Gasteiger partial charge on any atom is 0.433 e. The number of imide groups is 1. The van der Waals surface area contributed by atoms with E-state index in [-0.39, 0.29) is 27.3 Å². The van der Waals surface area contributed by atoms with Crippen LogP contribution in [0.5, 0.6) is 0 Å². The topological polar surface area (TPSA) is 112 Å². The summed E-state index contributed by atoms with van der Waals surface area (Å²) >= 11 is 0. The molecule has 10 nitrogen and oxygen atoms in total. The Kier molecular flexibility index (Phi) is 5.57. The molecule has 3 saturated heterocycles. The molecule has 3 aliphatic rings. The van der Waals surface area contributed by atoms with Crippen LogP contribution in [0, 0.1) is 18.3 Å². The fourth-order valence-corrected chi connectivity index (χ4v) is 6.11. The molecule has 0 saturated carbocycles. The number of nitriles is 1. The van der Waals surface area contributed by atoms with Gasteiger partial charge < -0.3 is 0 Å². The van der Waals surface area contributed by atoms with Crippen LogP contribution in [-0.4, -0.2) is 73.7 Å². The Morgan fingerprint density at radius 2 is 1.90 bits per heavy atom. The second-order valence-electron chi connectivity index (χ2n) is 11.7. The molecule has 3 fully saturated rings. The molecular formula is C29H30N7O3+. The summed E-state index contributed by atoms with van der Waals surface area (Å²) in [5.74, 6) is -0.516. The number of carbonyl (C=O) groups excluding carboxylic acids is 3. The zero-order valence-corrected chi connectivity index (χ0v) is 22.5. The molecule has 3 aliphatic heterocycles. The van der Waals surface area contributed by atoms with Gasteiger partial charge in [-0.25, -0.2) is 19.2 Å². The SMILES string of the molecule is Cc1cc(N2C(=O)C3CN4CC(C(=O)c5cc(C(C)(C)C)nn5Cc5ccccc5)[N+]3(C4)C2=O)cnc1C#N. The van der Waals surface area contributed by atoms with E-state index >= 15 is 0 Å². The van der Waals surface area contributed by atoms with E-state index < -0.39 is 18.1 Å². The van der Waals surface area contributed by atoms with E-state index in [1.54, 1.807) is 17.7 Å². The highest BCUT2D eigenvalue weighted by Crippen LogP contribution is 2.44. The maximum atomic E-state index is 14.3. The Labute approximate surface area is 226 Å². The Bertz CT molecular complexity index is 1570. The van der Waals surface area contributed by atoms with Crippen molar-refractivity contribution in [2.75, 3.05) is 24.7 Å². The van der Waals surface area contributed by atoms with Gasteiger partial charge in [0.05, 0.1) is 37.2 Å². The highest BCUT2D eigenvalue weighted by Gasteiger charge is 2.73. The zero-order valence-electron chi connectivity index (χ0n) is 22.5. The van der Waals surface area contributed by atoms with Crippen LogP contribution in [0.25, 0.3) is 0 Å². The number of aromatic nitrogens is 3. The molecule has 3 aromatic rings. The van der Waals surface area contributed by atoms with Crippen LogP contribution in [0.2, 0.25) is 0 Å². The van der Waals surface area contributed by atoms with E-state index in [0.29, 0.717) is 43.2 Å². The number of ketones is 1. The smallest absolute Gasteiger partial charge is 0.286 e. The molecule has 6 rings (SSSR count). The number of fused-ring (bicyclic) bond motifs is 1. The lowest BCUT2D eigenvalue weighted by Gasteiger charge is -2.32. The molecule has 198 valence electrons. The van der Waals surface area contributed by atoms with Gasteiger partial charge in [-0.1, -0.05) is 51.1 Å². The van der Waals surface area contributed by atoms with E-state index in [1.807, 2.05) is 47.4 Å². The predicted molar refractivity (Wildman–Crippen MR) is 142 cm³/mol. The first-order valence-corrected chi connectivity index (χ1v) is 13.1. The van der Waals surface area contributed by atoms with Crippen molar-refractivity contribution < 1.29 is 18.9 Å². The normalized spacial score (nSPS) is 25.7. The molecule has 1 spiro atoms. The third kappa shape index (κ3) is 3.72. The summed E-state index contributed by atoms with van der Waals surface area (Å²) in [6.45, 7) is 9.42. The first kappa shape index (κ1) is 25.1. The molecule has 0 aliphatic carbocycles. The van der Waals surface area contributed by atoms with Gasteiger partial charge in [-0.3, -0.25) is 14.3 Å². The number of rotatable bonds is 5. The summed E-state index contributed by atoms with van der Waals surface area (Å²) in [6.07, 6.45) is 1.39. The van der Waals surface area contributed by atoms with Crippen molar-refractivity contribution in [3.05, 3.63) is 76.9 Å². The van der Waals surface area contributed by atoms with Gasteiger partial charge in [-0.05, 0) is 30.2 Å². The summed E-state index contributed by atoms with van der Waals surface area (Å²) < 4.78 is 1.50. The minimum Gasteiger partial charge on any atom is -0.286 e. The number of amides is 3. The van der Waals surface area contributed by atoms with Gasteiger partial charge in [-0.15, -0.1) is 0 Å². The van der Waals surface area contributed by atoms with E-state index in [0.717, 1.165) is 16.2 Å². The monoisotopic (exact) mass is 524 g/mol. The summed E-state index contributed by atoms with van der Waals surface area (Å²) in [4.78, 5) is 49.4. The van der Waals surface area contributed by atoms with E-state index in [9.17, 15) is 19.6 Å². The lowest BCUT2D eigenvalue weighted by Crippen LogP contribution is -2.62. The number of quaternary nitrogens is 1. The van der Waals surface area contributed by atoms with Gasteiger partial charge in [0.15, 0.2) is 12.1 Å². The standard InChI is InChI=1S/C29H30N7O3/c1-18-10-20(13-31-21(18)12-30)35-27(38)24-16-33-15-23(36(24,17-33)28(35)39)26(37)22-11-25(29(2,3)4)32-34(22)14-19-8-6-5-7-9-19/h5-11,13,23-24H,14-17H2,1-4H3/q+1. The Morgan fingerprint density at radius 1 is 1.15 bits per heavy atom. The second-order valence-corrected chi connectivity index (χ2v) is 11.7. The van der Waals surface area contributed by atoms with Crippen molar-refractivity contribution in [2.24, 2.45) is 0 Å². The average Bonchev–Trinajstić information content (AvgIpc) is 3.64. The lowest BCUT2D eigenvalue weighted by atomic mass is 9.91. The molecule has 5 heterocycles. The van der Waals surface area contributed by atoms with E-state index in [1.165, 1.54) is 6.20 Å². The Morgan fingerprint density at radius 3 is 2.56 bits per heavy atom. The average molecular weight is 525 g/mol. The highest BCUT2D eigenvalue weighted by atomic mass is 16.2. The molecule has 1 aromatic carbocycles. The highest BCUT2D eigenvalue weighted by molar-refractivity contribution is 6.19. The zero-order chi connectivity index (χ0) is 27.7. The molecule has 39 heavy (non-hydrogen) atoms. The second kappa shape index (κ2) is 8.66. The fourth-order valence-electron chi connectivity index (χ4n) is 6.11. The van der Waals surface area contributed by atoms with E-state index in [2.05, 4.69) is 25.8 Å². The summed E-state index contributed by atoms with van der Waals surface area (Å²) in [7, 11) is 0. The van der Waals surface area contributed by atoms with Crippen molar-refractivity contribution in [3.8, 4) is 6.07 Å². The molecular weight excluding hydrogens is 494 g/mol. The number of pyridine rings is 1. The number of urea groups is 1. The minimum absolute atomic E-state index is 0.182. The van der Waals surface area contributed by atoms with Gasteiger partial charge in [0.2, 0.25) is 5.78 Å². The van der Waals surface area contributed by atoms with Crippen LogP contribution in [0.1, 0.15) is 53.8 Å². The fraction of sp³-hybridized carbons (Fsp3) is 0.379. The number of nitrogens with zero attached hydrogens (tertiary/aromatic N) is 7. The molecule has 2 aromatic heterocycles. The molecule has 0 radical (unpaired) electrons. The number of carbonyl (C=O) groups is 3. The van der Waals surface area contributed by atoms with Crippen molar-refractivity contribution in [1.29, 1.82) is 5.26 Å². The largest absolute Gasteiger partial charge is 0.433 e. The Hall–Kier alpha value is -4.20. The maximum absolute atomic E-state index is 14.3. The summed E-state index contributed by atoms with van der Waals surface area (Å²) in [6, 6.07) is 13.5. The molecule has 0 N–H and O–H groups in total. The molecule has 4 atom stereocenters. The van der Waals surface area contributed by atoms with E-state index in [4.69, 9.17) is 5.10 Å². The van der Waals surface area contributed by atoms with Crippen LogP contribution in [0.3, 0.4) is 0 Å². The quantitative estimate of drug-likeness (QED) is 0.287. The van der Waals surface area contributed by atoms with Gasteiger partial charge in [0, 0.05) is 5.41 Å². The predicted octanol–water partition coefficient (Wildman–Crippen LogP) is 2.99. The van der Waals surface area contributed by atoms with Gasteiger partial charge in [0.1, 0.15) is 24.1 Å². The number of piperazine rings is 1. The van der Waals surface area contributed by atoms with Crippen LogP contribution >= 0.6 is 0 Å². The van der Waals surface area contributed by atoms with Crippen LogP contribution in [-0.2, 0) is 16.8 Å². The molecule has 10 heteroatoms. The number of Topliss-reactive ketones (excluding diaryl/α,β-unsaturated/α-hetero) is 1. The number of anilines is 1. The first-order valence-electron chi connectivity index (χ1n) is 13.1. The minimum atomic E-state index is -0.725. The number of benzene rings is 1. The first-order chi connectivity index (χ1) is 18.5. The lowest BCUT2D eigenvalue weighted by molar-refractivity contribution is -0.852. The number of aryl methyl sites for hydroxylation is 1. The van der Waals surface area contributed by atoms with Crippen molar-refractivity contribution in [3.63, 3.8) is 0 Å². The molecule has 3 amide bonds. The van der Waals surface area contributed by atoms with Gasteiger partial charge >= 0.3 is 6.03 Å². The summed E-state index contributed by atoms with van der Waals surface area (Å²) in [5, 5.41) is 14.1. The van der Waals surface area contributed by atoms with Crippen LogP contribution in [0.15, 0.2) is 48.7 Å². The summed E-state index contributed by atoms with van der Waals surface area (Å²) in [5.41, 5.74) is 3.13. The third-order valence-electron chi connectivity index (χ3n) is 8.17. The van der Waals surface area contributed by atoms with Crippen molar-refractivity contribution in [2.45, 2.75) is 51.7 Å². The van der Waals surface area contributed by atoms with Gasteiger partial charge in [0.25, 0.3) is 5.91 Å². The van der Waals surface area contributed by atoms with Crippen LogP contribution < -0.4 is 4.90 Å². The Balaban J connectivity index is 1.39.